The fourth-order valence-corrected chi connectivity index (χ4v) is 5.30. The summed E-state index contributed by atoms with van der Waals surface area (Å²) in [6.07, 6.45) is 2.68. The number of sulfonamides is 1. The lowest BCUT2D eigenvalue weighted by Gasteiger charge is -2.37. The molecule has 0 aromatic heterocycles. The molecule has 2 saturated heterocycles. The van der Waals surface area contributed by atoms with Crippen LogP contribution >= 0.6 is 0 Å². The molecule has 0 aromatic rings. The van der Waals surface area contributed by atoms with E-state index in [-0.39, 0.29) is 5.25 Å². The standard InChI is InChI=1S/C12H24N2O2S/c1-10-7-11(2)9-14(8-10)17(15,16)12-3-5-13-6-4-12/h10-13H,3-9H2,1-2H3. The van der Waals surface area contributed by atoms with Crippen molar-refractivity contribution in [3.05, 3.63) is 0 Å². The third-order valence-electron chi connectivity index (χ3n) is 3.90. The molecule has 2 aliphatic heterocycles. The minimum atomic E-state index is -3.06. The maximum atomic E-state index is 12.5. The molecule has 0 radical (unpaired) electrons. The van der Waals surface area contributed by atoms with Gasteiger partial charge in [0.15, 0.2) is 0 Å². The largest absolute Gasteiger partial charge is 0.317 e. The van der Waals surface area contributed by atoms with Gasteiger partial charge in [-0.15, -0.1) is 0 Å². The van der Waals surface area contributed by atoms with Crippen LogP contribution in [0.2, 0.25) is 0 Å². The molecule has 0 bridgehead atoms. The summed E-state index contributed by atoms with van der Waals surface area (Å²) in [5, 5.41) is 3.07. The fourth-order valence-electron chi connectivity index (χ4n) is 3.12. The molecule has 0 aliphatic carbocycles. The molecule has 0 amide bonds. The lowest BCUT2D eigenvalue weighted by atomic mass is 9.94. The molecule has 2 heterocycles. The number of rotatable bonds is 2. The van der Waals surface area contributed by atoms with Crippen LogP contribution in [-0.4, -0.2) is 44.2 Å². The first-order valence-corrected chi connectivity index (χ1v) is 8.20. The first-order chi connectivity index (χ1) is 8.00. The van der Waals surface area contributed by atoms with Gasteiger partial charge in [0.05, 0.1) is 5.25 Å². The monoisotopic (exact) mass is 260 g/mol. The molecule has 2 atom stereocenters. The molecule has 5 heteroatoms. The van der Waals surface area contributed by atoms with Gasteiger partial charge >= 0.3 is 0 Å². The van der Waals surface area contributed by atoms with E-state index in [1.165, 1.54) is 0 Å². The Morgan fingerprint density at radius 1 is 1.06 bits per heavy atom. The maximum absolute atomic E-state index is 12.5. The summed E-state index contributed by atoms with van der Waals surface area (Å²) in [5.74, 6) is 0.991. The van der Waals surface area contributed by atoms with Crippen LogP contribution in [0.4, 0.5) is 0 Å². The molecule has 4 nitrogen and oxygen atoms in total. The molecular weight excluding hydrogens is 236 g/mol. The van der Waals surface area contributed by atoms with E-state index in [1.54, 1.807) is 4.31 Å². The van der Waals surface area contributed by atoms with Crippen LogP contribution in [0.5, 0.6) is 0 Å². The van der Waals surface area contributed by atoms with Crippen molar-refractivity contribution in [3.8, 4) is 0 Å². The lowest BCUT2D eigenvalue weighted by molar-refractivity contribution is 0.219. The molecular formula is C12H24N2O2S. The summed E-state index contributed by atoms with van der Waals surface area (Å²) in [6, 6.07) is 0. The zero-order valence-electron chi connectivity index (χ0n) is 10.9. The van der Waals surface area contributed by atoms with Crippen LogP contribution < -0.4 is 5.32 Å². The zero-order valence-corrected chi connectivity index (χ0v) is 11.7. The normalized spacial score (nSPS) is 33.8. The van der Waals surface area contributed by atoms with Gasteiger partial charge in [-0.3, -0.25) is 0 Å². The van der Waals surface area contributed by atoms with Crippen LogP contribution in [0, 0.1) is 11.8 Å². The summed E-state index contributed by atoms with van der Waals surface area (Å²) in [6.45, 7) is 7.42. The molecule has 2 unspecified atom stereocenters. The van der Waals surface area contributed by atoms with E-state index < -0.39 is 10.0 Å². The first kappa shape index (κ1) is 13.3. The maximum Gasteiger partial charge on any atom is 0.217 e. The van der Waals surface area contributed by atoms with Gasteiger partial charge in [0.25, 0.3) is 0 Å². The Morgan fingerprint density at radius 3 is 2.12 bits per heavy atom. The lowest BCUT2D eigenvalue weighted by Crippen LogP contribution is -2.49. The van der Waals surface area contributed by atoms with E-state index in [0.717, 1.165) is 45.4 Å². The van der Waals surface area contributed by atoms with Crippen LogP contribution in [0.1, 0.15) is 33.1 Å². The molecule has 0 spiro atoms. The van der Waals surface area contributed by atoms with Gasteiger partial charge in [-0.2, -0.15) is 0 Å². The predicted octanol–water partition coefficient (Wildman–Crippen LogP) is 1.05. The predicted molar refractivity (Wildman–Crippen MR) is 69.3 cm³/mol. The first-order valence-electron chi connectivity index (χ1n) is 6.70. The zero-order chi connectivity index (χ0) is 12.5. The molecule has 17 heavy (non-hydrogen) atoms. The molecule has 100 valence electrons. The van der Waals surface area contributed by atoms with E-state index in [1.807, 2.05) is 0 Å². The van der Waals surface area contributed by atoms with Crippen LogP contribution in [0.25, 0.3) is 0 Å². The summed E-state index contributed by atoms with van der Waals surface area (Å²) in [5.41, 5.74) is 0. The van der Waals surface area contributed by atoms with Crippen LogP contribution in [0.15, 0.2) is 0 Å². The molecule has 2 aliphatic rings. The van der Waals surface area contributed by atoms with Crippen LogP contribution in [0.3, 0.4) is 0 Å². The van der Waals surface area contributed by atoms with Gasteiger partial charge in [0.2, 0.25) is 10.0 Å². The Bertz CT molecular complexity index is 340. The van der Waals surface area contributed by atoms with Gasteiger partial charge in [-0.1, -0.05) is 13.8 Å². The van der Waals surface area contributed by atoms with Gasteiger partial charge in [0, 0.05) is 13.1 Å². The van der Waals surface area contributed by atoms with Gasteiger partial charge in [0.1, 0.15) is 0 Å². The molecule has 1 N–H and O–H groups in total. The van der Waals surface area contributed by atoms with E-state index in [4.69, 9.17) is 0 Å². The molecule has 2 fully saturated rings. The van der Waals surface area contributed by atoms with Crippen molar-refractivity contribution in [2.75, 3.05) is 26.2 Å². The Hall–Kier alpha value is -0.130. The van der Waals surface area contributed by atoms with E-state index in [2.05, 4.69) is 19.2 Å². The smallest absolute Gasteiger partial charge is 0.217 e. The van der Waals surface area contributed by atoms with Crippen molar-refractivity contribution < 1.29 is 8.42 Å². The van der Waals surface area contributed by atoms with Crippen molar-refractivity contribution in [3.63, 3.8) is 0 Å². The van der Waals surface area contributed by atoms with Crippen molar-refractivity contribution in [1.29, 1.82) is 0 Å². The van der Waals surface area contributed by atoms with Gasteiger partial charge < -0.3 is 5.32 Å². The minimum absolute atomic E-state index is 0.152. The Kier molecular flexibility index (Phi) is 4.10. The summed E-state index contributed by atoms with van der Waals surface area (Å²) < 4.78 is 26.8. The average molecular weight is 260 g/mol. The topological polar surface area (TPSA) is 49.4 Å². The van der Waals surface area contributed by atoms with E-state index in [9.17, 15) is 8.42 Å². The second-order valence-corrected chi connectivity index (χ2v) is 7.97. The SMILES string of the molecule is CC1CC(C)CN(S(=O)(=O)C2CCNCC2)C1. The quantitative estimate of drug-likeness (QED) is 0.807. The van der Waals surface area contributed by atoms with E-state index >= 15 is 0 Å². The number of hydrogen-bond acceptors (Lipinski definition) is 3. The van der Waals surface area contributed by atoms with Crippen molar-refractivity contribution in [2.45, 2.75) is 38.4 Å². The number of hydrogen-bond donors (Lipinski definition) is 1. The second-order valence-electron chi connectivity index (χ2n) is 5.76. The van der Waals surface area contributed by atoms with Crippen LogP contribution in [-0.2, 0) is 10.0 Å². The van der Waals surface area contributed by atoms with Crippen molar-refractivity contribution in [2.24, 2.45) is 11.8 Å². The highest BCUT2D eigenvalue weighted by atomic mass is 32.2. The highest BCUT2D eigenvalue weighted by molar-refractivity contribution is 7.89. The highest BCUT2D eigenvalue weighted by Crippen LogP contribution is 2.27. The van der Waals surface area contributed by atoms with Gasteiger partial charge in [-0.25, -0.2) is 12.7 Å². The average Bonchev–Trinajstić information content (AvgIpc) is 2.29. The van der Waals surface area contributed by atoms with Crippen molar-refractivity contribution >= 4 is 10.0 Å². The molecule has 2 rings (SSSR count). The summed E-state index contributed by atoms with van der Waals surface area (Å²) in [7, 11) is -3.06. The second kappa shape index (κ2) is 5.24. The number of piperidine rings is 2. The number of nitrogens with one attached hydrogen (secondary N) is 1. The number of nitrogens with zero attached hydrogens (tertiary/aromatic N) is 1. The van der Waals surface area contributed by atoms with Gasteiger partial charge in [-0.05, 0) is 44.2 Å². The van der Waals surface area contributed by atoms with E-state index in [0.29, 0.717) is 11.8 Å². The third kappa shape index (κ3) is 3.01. The Balaban J connectivity index is 2.08. The summed E-state index contributed by atoms with van der Waals surface area (Å²) >= 11 is 0. The molecule has 0 saturated carbocycles. The Labute approximate surface area is 105 Å². The third-order valence-corrected chi connectivity index (χ3v) is 6.23. The molecule has 0 aromatic carbocycles. The Morgan fingerprint density at radius 2 is 1.59 bits per heavy atom. The summed E-state index contributed by atoms with van der Waals surface area (Å²) in [4.78, 5) is 0. The highest BCUT2D eigenvalue weighted by Gasteiger charge is 2.36. The fraction of sp³-hybridized carbons (Fsp3) is 1.00. The van der Waals surface area contributed by atoms with Crippen molar-refractivity contribution in [1.82, 2.24) is 9.62 Å². The minimum Gasteiger partial charge on any atom is -0.317 e.